The average molecular weight is 363 g/mol. The SMILES string of the molecule is CCCCCCC(C)(C(C)SCCC)C1(C)C(C)(F)C1(F)C(C)C. The average Bonchev–Trinajstić information content (AvgIpc) is 2.90. The molecule has 1 saturated carbocycles. The van der Waals surface area contributed by atoms with Crippen molar-refractivity contribution in [2.24, 2.45) is 16.7 Å². The Kier molecular flexibility index (Phi) is 7.27. The summed E-state index contributed by atoms with van der Waals surface area (Å²) in [6, 6.07) is 0. The lowest BCUT2D eigenvalue weighted by molar-refractivity contribution is 0.0594. The molecule has 0 amide bonds. The lowest BCUT2D eigenvalue weighted by Crippen LogP contribution is -2.42. The van der Waals surface area contributed by atoms with Crippen molar-refractivity contribution in [2.45, 2.75) is 111 Å². The fraction of sp³-hybridized carbons (Fsp3) is 1.00. The molecule has 0 N–H and O–H groups in total. The molecule has 0 aliphatic heterocycles. The molecule has 0 heterocycles. The second kappa shape index (κ2) is 7.84. The van der Waals surface area contributed by atoms with E-state index in [2.05, 4.69) is 27.7 Å². The van der Waals surface area contributed by atoms with Gasteiger partial charge in [-0.15, -0.1) is 0 Å². The van der Waals surface area contributed by atoms with E-state index >= 15 is 8.78 Å². The van der Waals surface area contributed by atoms with Crippen LogP contribution in [-0.2, 0) is 0 Å². The number of unbranched alkanes of at least 4 members (excludes halogenated alkanes) is 3. The number of hydrogen-bond acceptors (Lipinski definition) is 1. The van der Waals surface area contributed by atoms with Crippen LogP contribution in [0.1, 0.15) is 93.9 Å². The first-order valence-electron chi connectivity index (χ1n) is 9.98. The molecule has 0 aromatic rings. The van der Waals surface area contributed by atoms with Gasteiger partial charge in [0.1, 0.15) is 0 Å². The molecule has 1 aliphatic rings. The summed E-state index contributed by atoms with van der Waals surface area (Å²) < 4.78 is 31.3. The molecule has 144 valence electrons. The smallest absolute Gasteiger partial charge is 0.156 e. The van der Waals surface area contributed by atoms with Gasteiger partial charge in [-0.05, 0) is 36.9 Å². The Hall–Kier alpha value is 0.210. The van der Waals surface area contributed by atoms with Crippen molar-refractivity contribution in [2.75, 3.05) is 5.75 Å². The first-order valence-corrected chi connectivity index (χ1v) is 11.0. The van der Waals surface area contributed by atoms with Crippen LogP contribution in [0.25, 0.3) is 0 Å². The molecule has 0 spiro atoms. The quantitative estimate of drug-likeness (QED) is 0.341. The predicted octanol–water partition coefficient (Wildman–Crippen LogP) is 7.61. The Bertz CT molecular complexity index is 409. The third-order valence-corrected chi connectivity index (χ3v) is 8.91. The maximum absolute atomic E-state index is 15.8. The molecule has 0 radical (unpaired) electrons. The normalized spacial score (nSPS) is 36.6. The molecule has 0 aromatic heterocycles. The summed E-state index contributed by atoms with van der Waals surface area (Å²) in [5, 5.41) is 0.260. The van der Waals surface area contributed by atoms with Crippen molar-refractivity contribution in [3.8, 4) is 0 Å². The van der Waals surface area contributed by atoms with Crippen LogP contribution in [0.2, 0.25) is 0 Å². The van der Waals surface area contributed by atoms with Crippen molar-refractivity contribution in [1.29, 1.82) is 0 Å². The van der Waals surface area contributed by atoms with E-state index in [9.17, 15) is 0 Å². The minimum Gasteiger partial charge on any atom is -0.240 e. The topological polar surface area (TPSA) is 0 Å². The maximum atomic E-state index is 15.8. The summed E-state index contributed by atoms with van der Waals surface area (Å²) in [4.78, 5) is 0. The van der Waals surface area contributed by atoms with E-state index in [0.29, 0.717) is 0 Å². The molecule has 0 nitrogen and oxygen atoms in total. The van der Waals surface area contributed by atoms with Gasteiger partial charge in [0, 0.05) is 10.7 Å². The number of hydrogen-bond donors (Lipinski definition) is 0. The van der Waals surface area contributed by atoms with Crippen LogP contribution in [0.15, 0.2) is 0 Å². The number of halogens is 2. The Balaban J connectivity index is 3.13. The molecule has 5 atom stereocenters. The van der Waals surface area contributed by atoms with Gasteiger partial charge in [-0.25, -0.2) is 8.78 Å². The monoisotopic (exact) mass is 362 g/mol. The first kappa shape index (κ1) is 22.3. The van der Waals surface area contributed by atoms with Crippen LogP contribution < -0.4 is 0 Å². The van der Waals surface area contributed by atoms with Crippen LogP contribution >= 0.6 is 11.8 Å². The Morgan fingerprint density at radius 2 is 1.54 bits per heavy atom. The Morgan fingerprint density at radius 3 is 1.96 bits per heavy atom. The van der Waals surface area contributed by atoms with Gasteiger partial charge in [-0.2, -0.15) is 11.8 Å². The summed E-state index contributed by atoms with van der Waals surface area (Å²) in [6.07, 6.45) is 6.66. The van der Waals surface area contributed by atoms with E-state index < -0.39 is 16.8 Å². The maximum Gasteiger partial charge on any atom is 0.156 e. The Labute approximate surface area is 153 Å². The molecule has 0 aromatic carbocycles. The highest BCUT2D eigenvalue weighted by Crippen LogP contribution is 2.81. The molecular formula is C21H40F2S. The third-order valence-electron chi connectivity index (χ3n) is 7.24. The van der Waals surface area contributed by atoms with Gasteiger partial charge >= 0.3 is 0 Å². The summed E-state index contributed by atoms with van der Waals surface area (Å²) in [6.45, 7) is 15.8. The van der Waals surface area contributed by atoms with E-state index in [1.54, 1.807) is 0 Å². The lowest BCUT2D eigenvalue weighted by atomic mass is 9.66. The minimum absolute atomic E-state index is 0.260. The van der Waals surface area contributed by atoms with Crippen molar-refractivity contribution in [3.63, 3.8) is 0 Å². The highest BCUT2D eigenvalue weighted by Gasteiger charge is 2.91. The van der Waals surface area contributed by atoms with Crippen molar-refractivity contribution < 1.29 is 8.78 Å². The highest BCUT2D eigenvalue weighted by atomic mass is 32.2. The molecule has 3 heteroatoms. The number of thioether (sulfide) groups is 1. The summed E-state index contributed by atoms with van der Waals surface area (Å²) >= 11 is 1.89. The minimum atomic E-state index is -1.74. The molecule has 0 saturated heterocycles. The number of rotatable bonds is 11. The summed E-state index contributed by atoms with van der Waals surface area (Å²) in [5.41, 5.74) is -4.70. The van der Waals surface area contributed by atoms with Crippen LogP contribution in [0.3, 0.4) is 0 Å². The summed E-state index contributed by atoms with van der Waals surface area (Å²) in [7, 11) is 0. The lowest BCUT2D eigenvalue weighted by Gasteiger charge is -2.43. The second-order valence-electron chi connectivity index (χ2n) is 8.74. The second-order valence-corrected chi connectivity index (χ2v) is 10.2. The van der Waals surface area contributed by atoms with E-state index in [4.69, 9.17) is 0 Å². The molecular weight excluding hydrogens is 322 g/mol. The van der Waals surface area contributed by atoms with Gasteiger partial charge in [-0.3, -0.25) is 0 Å². The molecule has 1 aliphatic carbocycles. The van der Waals surface area contributed by atoms with E-state index in [-0.39, 0.29) is 16.6 Å². The molecule has 1 fully saturated rings. The molecule has 1 rings (SSSR count). The van der Waals surface area contributed by atoms with Gasteiger partial charge < -0.3 is 0 Å². The number of alkyl halides is 2. The molecule has 24 heavy (non-hydrogen) atoms. The van der Waals surface area contributed by atoms with E-state index in [1.807, 2.05) is 32.5 Å². The van der Waals surface area contributed by atoms with Crippen LogP contribution in [-0.4, -0.2) is 22.3 Å². The fourth-order valence-electron chi connectivity index (χ4n) is 5.17. The zero-order valence-electron chi connectivity index (χ0n) is 17.3. The molecule has 0 bridgehead atoms. The van der Waals surface area contributed by atoms with Gasteiger partial charge in [0.2, 0.25) is 0 Å². The molecule has 5 unspecified atom stereocenters. The van der Waals surface area contributed by atoms with E-state index in [1.165, 1.54) is 19.8 Å². The van der Waals surface area contributed by atoms with Gasteiger partial charge in [-0.1, -0.05) is 74.1 Å². The van der Waals surface area contributed by atoms with Crippen molar-refractivity contribution in [1.82, 2.24) is 0 Å². The predicted molar refractivity (Wildman–Crippen MR) is 105 cm³/mol. The standard InChI is InChI=1S/C21H40F2S/c1-9-11-12-13-14-18(6,17(5)24-15-10-2)19(7)20(8,22)21(19,23)16(3)4/h16-17H,9-15H2,1-8H3. The van der Waals surface area contributed by atoms with Crippen LogP contribution in [0, 0.1) is 16.7 Å². The largest absolute Gasteiger partial charge is 0.240 e. The Morgan fingerprint density at radius 1 is 0.958 bits per heavy atom. The zero-order chi connectivity index (χ0) is 18.8. The van der Waals surface area contributed by atoms with Crippen molar-refractivity contribution in [3.05, 3.63) is 0 Å². The fourth-order valence-corrected chi connectivity index (χ4v) is 6.48. The van der Waals surface area contributed by atoms with Gasteiger partial charge in [0.15, 0.2) is 11.3 Å². The van der Waals surface area contributed by atoms with Crippen LogP contribution in [0.5, 0.6) is 0 Å². The first-order chi connectivity index (χ1) is 11.0. The van der Waals surface area contributed by atoms with Gasteiger partial charge in [0.05, 0.1) is 0 Å². The summed E-state index contributed by atoms with van der Waals surface area (Å²) in [5.74, 6) is 0.766. The van der Waals surface area contributed by atoms with Gasteiger partial charge in [0.25, 0.3) is 0 Å². The third kappa shape index (κ3) is 3.05. The van der Waals surface area contributed by atoms with Crippen LogP contribution in [0.4, 0.5) is 8.78 Å². The zero-order valence-corrected chi connectivity index (χ0v) is 18.1. The highest BCUT2D eigenvalue weighted by molar-refractivity contribution is 7.99. The van der Waals surface area contributed by atoms with Crippen molar-refractivity contribution >= 4 is 11.8 Å². The van der Waals surface area contributed by atoms with E-state index in [0.717, 1.165) is 31.4 Å².